The molecule has 0 aliphatic rings. The van der Waals surface area contributed by atoms with Crippen molar-refractivity contribution in [1.29, 1.82) is 0 Å². The van der Waals surface area contributed by atoms with Gasteiger partial charge in [0.15, 0.2) is 5.16 Å². The number of rotatable bonds is 3. The van der Waals surface area contributed by atoms with Crippen LogP contribution in [0.5, 0.6) is 0 Å². The topological polar surface area (TPSA) is 25.8 Å². The lowest BCUT2D eigenvalue weighted by molar-refractivity contribution is 0.960. The molecule has 1 heterocycles. The van der Waals surface area contributed by atoms with E-state index < -0.39 is 0 Å². The first kappa shape index (κ1) is 10.7. The van der Waals surface area contributed by atoms with Gasteiger partial charge in [-0.05, 0) is 29.8 Å². The smallest absolute Gasteiger partial charge is 0.187 e. The molecule has 0 spiro atoms. The minimum atomic E-state index is 0.820. The van der Waals surface area contributed by atoms with Gasteiger partial charge in [0, 0.05) is 18.1 Å². The molecule has 0 amide bonds. The predicted molar refractivity (Wildman–Crippen MR) is 59.9 cm³/mol. The summed E-state index contributed by atoms with van der Waals surface area (Å²) in [6, 6.07) is 0. The van der Waals surface area contributed by atoms with Crippen molar-refractivity contribution in [2.45, 2.75) is 19.0 Å². The average molecular weight is 259 g/mol. The second-order valence-corrected chi connectivity index (χ2v) is 4.68. The van der Waals surface area contributed by atoms with Gasteiger partial charge in [0.1, 0.15) is 0 Å². The second kappa shape index (κ2) is 5.40. The van der Waals surface area contributed by atoms with Gasteiger partial charge in [0.05, 0.1) is 4.47 Å². The number of aromatic nitrogens is 2. The summed E-state index contributed by atoms with van der Waals surface area (Å²) in [4.78, 5) is 8.30. The van der Waals surface area contributed by atoms with Crippen LogP contribution in [0.3, 0.4) is 0 Å². The SMILES string of the molecule is CC(C)=CCSc1ncc(Br)cn1. The molecule has 4 heteroatoms. The molecule has 0 unspecified atom stereocenters. The van der Waals surface area contributed by atoms with E-state index in [2.05, 4.69) is 45.8 Å². The van der Waals surface area contributed by atoms with Gasteiger partial charge in [-0.15, -0.1) is 0 Å². The maximum atomic E-state index is 4.15. The quantitative estimate of drug-likeness (QED) is 0.473. The summed E-state index contributed by atoms with van der Waals surface area (Å²) in [6.45, 7) is 4.17. The first-order chi connectivity index (χ1) is 6.18. The summed E-state index contributed by atoms with van der Waals surface area (Å²) < 4.78 is 0.916. The van der Waals surface area contributed by atoms with E-state index in [1.54, 1.807) is 24.2 Å². The highest BCUT2D eigenvalue weighted by molar-refractivity contribution is 9.10. The zero-order valence-corrected chi connectivity index (χ0v) is 10.0. The normalized spacial score (nSPS) is 9.77. The molecule has 0 radical (unpaired) electrons. The molecule has 0 fully saturated rings. The van der Waals surface area contributed by atoms with Crippen LogP contribution in [0, 0.1) is 0 Å². The summed E-state index contributed by atoms with van der Waals surface area (Å²) in [7, 11) is 0. The minimum absolute atomic E-state index is 0.820. The Morgan fingerprint density at radius 2 is 2.08 bits per heavy atom. The van der Waals surface area contributed by atoms with Crippen LogP contribution in [0.4, 0.5) is 0 Å². The summed E-state index contributed by atoms with van der Waals surface area (Å²) in [5, 5.41) is 0.820. The van der Waals surface area contributed by atoms with Gasteiger partial charge in [-0.2, -0.15) is 0 Å². The van der Waals surface area contributed by atoms with Crippen molar-refractivity contribution in [3.05, 3.63) is 28.5 Å². The van der Waals surface area contributed by atoms with Crippen LogP contribution in [-0.4, -0.2) is 15.7 Å². The van der Waals surface area contributed by atoms with E-state index in [9.17, 15) is 0 Å². The largest absolute Gasteiger partial charge is 0.230 e. The van der Waals surface area contributed by atoms with Crippen molar-refractivity contribution in [2.24, 2.45) is 0 Å². The summed E-state index contributed by atoms with van der Waals surface area (Å²) in [5.41, 5.74) is 1.32. The number of nitrogens with zero attached hydrogens (tertiary/aromatic N) is 2. The van der Waals surface area contributed by atoms with Crippen molar-refractivity contribution in [3.63, 3.8) is 0 Å². The molecule has 1 rings (SSSR count). The lowest BCUT2D eigenvalue weighted by Gasteiger charge is -1.96. The molecule has 1 aromatic rings. The van der Waals surface area contributed by atoms with E-state index in [4.69, 9.17) is 0 Å². The fourth-order valence-corrected chi connectivity index (χ4v) is 1.68. The molecule has 0 atom stereocenters. The molecule has 0 bridgehead atoms. The van der Waals surface area contributed by atoms with Gasteiger partial charge < -0.3 is 0 Å². The molecule has 0 N–H and O–H groups in total. The Morgan fingerprint density at radius 1 is 1.46 bits per heavy atom. The highest BCUT2D eigenvalue weighted by atomic mass is 79.9. The molecule has 0 aliphatic heterocycles. The van der Waals surface area contributed by atoms with Crippen LogP contribution >= 0.6 is 27.7 Å². The molecule has 0 aromatic carbocycles. The highest BCUT2D eigenvalue weighted by Crippen LogP contribution is 2.14. The van der Waals surface area contributed by atoms with E-state index >= 15 is 0 Å². The van der Waals surface area contributed by atoms with E-state index in [1.165, 1.54) is 5.57 Å². The van der Waals surface area contributed by atoms with Gasteiger partial charge in [-0.25, -0.2) is 9.97 Å². The first-order valence-electron chi connectivity index (χ1n) is 3.92. The minimum Gasteiger partial charge on any atom is -0.230 e. The summed E-state index contributed by atoms with van der Waals surface area (Å²) >= 11 is 4.93. The van der Waals surface area contributed by atoms with Crippen LogP contribution in [0.2, 0.25) is 0 Å². The molecule has 0 aliphatic carbocycles. The molecule has 70 valence electrons. The van der Waals surface area contributed by atoms with Crippen molar-refractivity contribution < 1.29 is 0 Å². The van der Waals surface area contributed by atoms with Crippen molar-refractivity contribution in [1.82, 2.24) is 9.97 Å². The van der Waals surface area contributed by atoms with E-state index in [0.29, 0.717) is 0 Å². The number of hydrogen-bond acceptors (Lipinski definition) is 3. The van der Waals surface area contributed by atoms with Crippen molar-refractivity contribution in [2.75, 3.05) is 5.75 Å². The van der Waals surface area contributed by atoms with Crippen molar-refractivity contribution >= 4 is 27.7 Å². The Hall–Kier alpha value is -0.350. The molecular formula is C9H11BrN2S. The van der Waals surface area contributed by atoms with Crippen LogP contribution < -0.4 is 0 Å². The van der Waals surface area contributed by atoms with Crippen LogP contribution in [0.15, 0.2) is 33.7 Å². The lowest BCUT2D eigenvalue weighted by Crippen LogP contribution is -1.85. The standard InChI is InChI=1S/C9H11BrN2S/c1-7(2)3-4-13-9-11-5-8(10)6-12-9/h3,5-6H,4H2,1-2H3. The maximum absolute atomic E-state index is 4.15. The van der Waals surface area contributed by atoms with E-state index in [1.807, 2.05) is 0 Å². The molecule has 1 aromatic heterocycles. The number of halogens is 1. The number of thioether (sulfide) groups is 1. The predicted octanol–water partition coefficient (Wildman–Crippen LogP) is 3.30. The third-order valence-electron chi connectivity index (χ3n) is 1.30. The fourth-order valence-electron chi connectivity index (χ4n) is 0.658. The molecule has 2 nitrogen and oxygen atoms in total. The molecule has 0 saturated carbocycles. The molecule has 13 heavy (non-hydrogen) atoms. The first-order valence-corrected chi connectivity index (χ1v) is 5.70. The highest BCUT2D eigenvalue weighted by Gasteiger charge is 1.94. The Bertz CT molecular complexity index is 291. The Kier molecular flexibility index (Phi) is 4.45. The van der Waals surface area contributed by atoms with Gasteiger partial charge in [-0.3, -0.25) is 0 Å². The third kappa shape index (κ3) is 4.43. The van der Waals surface area contributed by atoms with Crippen molar-refractivity contribution in [3.8, 4) is 0 Å². The second-order valence-electron chi connectivity index (χ2n) is 2.78. The van der Waals surface area contributed by atoms with Crippen LogP contribution in [-0.2, 0) is 0 Å². The summed E-state index contributed by atoms with van der Waals surface area (Å²) in [5.74, 6) is 0.934. The number of allylic oxidation sites excluding steroid dienone is 1. The Morgan fingerprint density at radius 3 is 2.62 bits per heavy atom. The van der Waals surface area contributed by atoms with Gasteiger partial charge in [0.25, 0.3) is 0 Å². The monoisotopic (exact) mass is 258 g/mol. The molecule has 0 saturated heterocycles. The van der Waals surface area contributed by atoms with Crippen LogP contribution in [0.1, 0.15) is 13.8 Å². The van der Waals surface area contributed by atoms with Gasteiger partial charge in [-0.1, -0.05) is 23.4 Å². The van der Waals surface area contributed by atoms with E-state index in [0.717, 1.165) is 15.4 Å². The Labute approximate surface area is 91.0 Å². The average Bonchev–Trinajstić information content (AvgIpc) is 2.08. The summed E-state index contributed by atoms with van der Waals surface area (Å²) in [6.07, 6.45) is 5.69. The third-order valence-corrected chi connectivity index (χ3v) is 2.51. The molecular weight excluding hydrogens is 248 g/mol. The number of hydrogen-bond donors (Lipinski definition) is 0. The zero-order chi connectivity index (χ0) is 9.68. The van der Waals surface area contributed by atoms with Crippen LogP contribution in [0.25, 0.3) is 0 Å². The Balaban J connectivity index is 2.46. The zero-order valence-electron chi connectivity index (χ0n) is 7.62. The fraction of sp³-hybridized carbons (Fsp3) is 0.333. The van der Waals surface area contributed by atoms with Gasteiger partial charge in [0.2, 0.25) is 0 Å². The maximum Gasteiger partial charge on any atom is 0.187 e. The van der Waals surface area contributed by atoms with E-state index in [-0.39, 0.29) is 0 Å². The van der Waals surface area contributed by atoms with Gasteiger partial charge >= 0.3 is 0 Å². The lowest BCUT2D eigenvalue weighted by atomic mass is 10.3.